The summed E-state index contributed by atoms with van der Waals surface area (Å²) < 4.78 is 2.34. The second-order valence-corrected chi connectivity index (χ2v) is 6.54. The molecule has 1 aliphatic rings. The lowest BCUT2D eigenvalue weighted by Gasteiger charge is -2.12. The zero-order valence-electron chi connectivity index (χ0n) is 14.3. The van der Waals surface area contributed by atoms with Crippen molar-refractivity contribution in [3.05, 3.63) is 46.8 Å². The molecule has 1 aliphatic carbocycles. The third-order valence-corrected chi connectivity index (χ3v) is 4.78. The van der Waals surface area contributed by atoms with Crippen molar-refractivity contribution in [2.45, 2.75) is 52.0 Å². The molecule has 1 heterocycles. The Bertz CT molecular complexity index is 805. The minimum absolute atomic E-state index is 0.371. The van der Waals surface area contributed by atoms with E-state index in [4.69, 9.17) is 11.0 Å². The third kappa shape index (κ3) is 2.82. The van der Waals surface area contributed by atoms with Gasteiger partial charge in [0, 0.05) is 23.0 Å². The van der Waals surface area contributed by atoms with Crippen molar-refractivity contribution in [3.8, 4) is 17.2 Å². The van der Waals surface area contributed by atoms with Gasteiger partial charge < -0.3 is 10.3 Å². The standard InChI is InChI=1S/C20H23N3O/c1-3-4-5-17-19(15-8-6-14(12-21)7-9-15)18(20(22)24)13(2)23(17)16-10-11-16/h6-9,16H,3-5,10-11H2,1-2H3,(H2,22,24). The van der Waals surface area contributed by atoms with Gasteiger partial charge in [-0.15, -0.1) is 0 Å². The highest BCUT2D eigenvalue weighted by Gasteiger charge is 2.32. The van der Waals surface area contributed by atoms with Crippen molar-refractivity contribution in [3.63, 3.8) is 0 Å². The van der Waals surface area contributed by atoms with Crippen LogP contribution in [0.5, 0.6) is 0 Å². The summed E-state index contributed by atoms with van der Waals surface area (Å²) in [5, 5.41) is 9.01. The maximum Gasteiger partial charge on any atom is 0.251 e. The first-order valence-corrected chi connectivity index (χ1v) is 8.62. The molecule has 0 aliphatic heterocycles. The SMILES string of the molecule is CCCCc1c(-c2ccc(C#N)cc2)c(C(N)=O)c(C)n1C1CC1. The van der Waals surface area contributed by atoms with Crippen LogP contribution in [0.1, 0.15) is 66.0 Å². The summed E-state index contributed by atoms with van der Waals surface area (Å²) in [6, 6.07) is 10.1. The highest BCUT2D eigenvalue weighted by molar-refractivity contribution is 6.02. The molecule has 124 valence electrons. The Morgan fingerprint density at radius 3 is 2.50 bits per heavy atom. The number of primary amides is 1. The molecule has 2 N–H and O–H groups in total. The van der Waals surface area contributed by atoms with Crippen LogP contribution in [-0.2, 0) is 6.42 Å². The van der Waals surface area contributed by atoms with Gasteiger partial charge in [-0.1, -0.05) is 25.5 Å². The zero-order chi connectivity index (χ0) is 17.3. The summed E-state index contributed by atoms with van der Waals surface area (Å²) in [4.78, 5) is 12.2. The number of amides is 1. The summed E-state index contributed by atoms with van der Waals surface area (Å²) in [6.07, 6.45) is 5.46. The molecule has 4 nitrogen and oxygen atoms in total. The van der Waals surface area contributed by atoms with Crippen LogP contribution < -0.4 is 5.73 Å². The van der Waals surface area contributed by atoms with Crippen molar-refractivity contribution < 1.29 is 4.79 Å². The second kappa shape index (κ2) is 6.52. The average molecular weight is 321 g/mol. The van der Waals surface area contributed by atoms with E-state index >= 15 is 0 Å². The molecule has 3 rings (SSSR count). The molecular weight excluding hydrogens is 298 g/mol. The first kappa shape index (κ1) is 16.3. The van der Waals surface area contributed by atoms with Crippen molar-refractivity contribution >= 4 is 5.91 Å². The van der Waals surface area contributed by atoms with Gasteiger partial charge in [0.2, 0.25) is 0 Å². The zero-order valence-corrected chi connectivity index (χ0v) is 14.3. The molecule has 0 atom stereocenters. The van der Waals surface area contributed by atoms with E-state index in [1.165, 1.54) is 18.5 Å². The van der Waals surface area contributed by atoms with Gasteiger partial charge >= 0.3 is 0 Å². The van der Waals surface area contributed by atoms with E-state index in [1.54, 1.807) is 12.1 Å². The summed E-state index contributed by atoms with van der Waals surface area (Å²) in [7, 11) is 0. The van der Waals surface area contributed by atoms with Crippen LogP contribution in [0.3, 0.4) is 0 Å². The Labute approximate surface area is 142 Å². The molecule has 1 saturated carbocycles. The van der Waals surface area contributed by atoms with E-state index in [1.807, 2.05) is 19.1 Å². The molecule has 0 saturated heterocycles. The molecule has 0 spiro atoms. The van der Waals surface area contributed by atoms with Crippen molar-refractivity contribution in [1.82, 2.24) is 4.57 Å². The quantitative estimate of drug-likeness (QED) is 0.869. The first-order valence-electron chi connectivity index (χ1n) is 8.62. The minimum Gasteiger partial charge on any atom is -0.366 e. The number of rotatable bonds is 6. The van der Waals surface area contributed by atoms with Gasteiger partial charge in [-0.3, -0.25) is 4.79 Å². The van der Waals surface area contributed by atoms with Gasteiger partial charge in [-0.05, 0) is 50.3 Å². The molecule has 0 bridgehead atoms. The monoisotopic (exact) mass is 321 g/mol. The number of carbonyl (C=O) groups is 1. The number of nitriles is 1. The van der Waals surface area contributed by atoms with Crippen molar-refractivity contribution in [2.75, 3.05) is 0 Å². The van der Waals surface area contributed by atoms with Gasteiger partial charge in [0.1, 0.15) is 0 Å². The van der Waals surface area contributed by atoms with E-state index < -0.39 is 0 Å². The topological polar surface area (TPSA) is 71.8 Å². The van der Waals surface area contributed by atoms with E-state index in [2.05, 4.69) is 17.6 Å². The molecule has 2 aromatic rings. The van der Waals surface area contributed by atoms with Gasteiger partial charge in [0.05, 0.1) is 17.2 Å². The summed E-state index contributed by atoms with van der Waals surface area (Å²) in [5.74, 6) is -0.371. The first-order chi connectivity index (χ1) is 11.6. The van der Waals surface area contributed by atoms with Crippen molar-refractivity contribution in [2.24, 2.45) is 5.73 Å². The Balaban J connectivity index is 2.22. The number of hydrogen-bond donors (Lipinski definition) is 1. The number of unbranched alkanes of at least 4 members (excludes halogenated alkanes) is 1. The predicted molar refractivity (Wildman–Crippen MR) is 94.7 cm³/mol. The van der Waals surface area contributed by atoms with Crippen LogP contribution in [0, 0.1) is 18.3 Å². The van der Waals surface area contributed by atoms with Crippen LogP contribution >= 0.6 is 0 Å². The Hall–Kier alpha value is -2.54. The lowest BCUT2D eigenvalue weighted by atomic mass is 9.97. The fourth-order valence-corrected chi connectivity index (χ4v) is 3.51. The van der Waals surface area contributed by atoms with E-state index in [0.29, 0.717) is 17.2 Å². The smallest absolute Gasteiger partial charge is 0.251 e. The Kier molecular flexibility index (Phi) is 4.44. The lowest BCUT2D eigenvalue weighted by Crippen LogP contribution is -2.13. The number of aromatic nitrogens is 1. The number of nitrogens with zero attached hydrogens (tertiary/aromatic N) is 2. The summed E-state index contributed by atoms with van der Waals surface area (Å²) in [6.45, 7) is 4.18. The normalized spacial score (nSPS) is 13.7. The van der Waals surface area contributed by atoms with Crippen LogP contribution in [0.15, 0.2) is 24.3 Å². The maximum absolute atomic E-state index is 12.2. The fraction of sp³-hybridized carbons (Fsp3) is 0.400. The molecular formula is C20H23N3O. The third-order valence-electron chi connectivity index (χ3n) is 4.78. The molecule has 4 heteroatoms. The number of nitrogens with two attached hydrogens (primary N) is 1. The van der Waals surface area contributed by atoms with Crippen LogP contribution in [-0.4, -0.2) is 10.5 Å². The van der Waals surface area contributed by atoms with Gasteiger partial charge in [-0.2, -0.15) is 5.26 Å². The molecule has 0 unspecified atom stereocenters. The highest BCUT2D eigenvalue weighted by Crippen LogP contribution is 2.43. The summed E-state index contributed by atoms with van der Waals surface area (Å²) >= 11 is 0. The number of benzene rings is 1. The van der Waals surface area contributed by atoms with Crippen molar-refractivity contribution in [1.29, 1.82) is 5.26 Å². The van der Waals surface area contributed by atoms with Gasteiger partial charge in [0.15, 0.2) is 0 Å². The fourth-order valence-electron chi connectivity index (χ4n) is 3.51. The molecule has 1 aromatic heterocycles. The Morgan fingerprint density at radius 1 is 1.33 bits per heavy atom. The van der Waals surface area contributed by atoms with Gasteiger partial charge in [-0.25, -0.2) is 0 Å². The summed E-state index contributed by atoms with van der Waals surface area (Å²) in [5.41, 5.74) is 11.1. The Morgan fingerprint density at radius 2 is 2.00 bits per heavy atom. The molecule has 24 heavy (non-hydrogen) atoms. The highest BCUT2D eigenvalue weighted by atomic mass is 16.1. The van der Waals surface area contributed by atoms with Crippen LogP contribution in [0.2, 0.25) is 0 Å². The van der Waals surface area contributed by atoms with E-state index in [9.17, 15) is 4.79 Å². The van der Waals surface area contributed by atoms with Crippen LogP contribution in [0.25, 0.3) is 11.1 Å². The van der Waals surface area contributed by atoms with Gasteiger partial charge in [0.25, 0.3) is 5.91 Å². The molecule has 1 amide bonds. The largest absolute Gasteiger partial charge is 0.366 e. The van der Waals surface area contributed by atoms with E-state index in [-0.39, 0.29) is 5.91 Å². The maximum atomic E-state index is 12.2. The van der Waals surface area contributed by atoms with Crippen LogP contribution in [0.4, 0.5) is 0 Å². The lowest BCUT2D eigenvalue weighted by molar-refractivity contribution is 0.1000. The average Bonchev–Trinajstić information content (AvgIpc) is 3.36. The predicted octanol–water partition coefficient (Wildman–Crippen LogP) is 4.11. The number of carbonyl (C=O) groups excluding carboxylic acids is 1. The minimum atomic E-state index is -0.371. The molecule has 1 aromatic carbocycles. The second-order valence-electron chi connectivity index (χ2n) is 6.54. The van der Waals surface area contributed by atoms with E-state index in [0.717, 1.165) is 36.1 Å². The number of hydrogen-bond acceptors (Lipinski definition) is 2. The molecule has 0 radical (unpaired) electrons. The molecule has 1 fully saturated rings.